The van der Waals surface area contributed by atoms with Gasteiger partial charge in [-0.1, -0.05) is 45.7 Å². The first kappa shape index (κ1) is 40.4. The van der Waals surface area contributed by atoms with Crippen molar-refractivity contribution in [1.29, 1.82) is 5.41 Å². The minimum Gasteiger partial charge on any atom is -0.383 e. The molecular formula is C33H41F6N7O. The number of aromatic nitrogens is 2. The maximum Gasteiger partial charge on any atom is 0.416 e. The molecule has 1 aromatic heterocycles. The third kappa shape index (κ3) is 11.9. The molecule has 1 aliphatic heterocycles. The number of primary amides is 1. The Balaban J connectivity index is 0.00000146. The van der Waals surface area contributed by atoms with Crippen LogP contribution in [0.15, 0.2) is 42.7 Å². The number of anilines is 2. The van der Waals surface area contributed by atoms with Gasteiger partial charge in [0.15, 0.2) is 0 Å². The Hall–Kier alpha value is -4.64. The molecule has 8 nitrogen and oxygen atoms in total. The molecule has 6 N–H and O–H groups in total. The van der Waals surface area contributed by atoms with Crippen molar-refractivity contribution >= 4 is 23.8 Å². The number of amides is 1. The van der Waals surface area contributed by atoms with Gasteiger partial charge in [0.05, 0.1) is 16.7 Å². The predicted molar refractivity (Wildman–Crippen MR) is 174 cm³/mol. The van der Waals surface area contributed by atoms with E-state index in [1.54, 1.807) is 13.0 Å². The number of likely N-dealkylation sites (tertiary alicyclic amines) is 1. The minimum atomic E-state index is -4.96. The average Bonchev–Trinajstić information content (AvgIpc) is 3.03. The first-order valence-corrected chi connectivity index (χ1v) is 14.9. The molecule has 0 spiro atoms. The third-order valence-corrected chi connectivity index (χ3v) is 6.67. The number of nitrogens with one attached hydrogen (secondary N) is 2. The van der Waals surface area contributed by atoms with Crippen LogP contribution in [0.4, 0.5) is 38.0 Å². The monoisotopic (exact) mass is 665 g/mol. The fraction of sp³-hybridized carbons (Fsp3) is 0.394. The maximum atomic E-state index is 13.4. The number of nitrogens with zero attached hydrogens (tertiary/aromatic N) is 3. The SMILES string of the molecule is CC.CC.Cc1ccc(-c2cc(C(F)(F)F)cc(C(F)(F)F)c2)cc1C#CC(=N)c1c(N)ncnc1NC1CCN(C)CC1.NC=O. The standard InChI is InChI=1S/C28H26F6N6.2C2H6.CH3NO/c1-16-3-4-18(19-12-20(27(29,30)31)14-21(13-19)28(32,33)34)11-17(16)5-6-23(35)24-25(36)37-15-38-26(24)39-22-7-9-40(2)10-8-22;2*1-2;2-1-3/h3-4,11-15,22,35H,7-10H2,1-2H3,(H3,36,37,38,39);2*1-2H3;1H,(H2,2,3). The number of carbonyl (C=O) groups is 1. The van der Waals surface area contributed by atoms with Crippen LogP contribution < -0.4 is 16.8 Å². The third-order valence-electron chi connectivity index (χ3n) is 6.67. The van der Waals surface area contributed by atoms with Crippen molar-refractivity contribution in [2.24, 2.45) is 5.73 Å². The van der Waals surface area contributed by atoms with Crippen LogP contribution in [0, 0.1) is 24.2 Å². The highest BCUT2D eigenvalue weighted by atomic mass is 19.4. The lowest BCUT2D eigenvalue weighted by molar-refractivity contribution is -0.143. The van der Waals surface area contributed by atoms with Crippen molar-refractivity contribution in [3.8, 4) is 23.0 Å². The van der Waals surface area contributed by atoms with Gasteiger partial charge in [0.25, 0.3) is 0 Å². The molecule has 256 valence electrons. The molecule has 47 heavy (non-hydrogen) atoms. The Morgan fingerprint density at radius 1 is 0.957 bits per heavy atom. The number of nitrogens with two attached hydrogens (primary N) is 2. The van der Waals surface area contributed by atoms with Gasteiger partial charge >= 0.3 is 12.4 Å². The number of hydrogen-bond acceptors (Lipinski definition) is 7. The Morgan fingerprint density at radius 3 is 2.00 bits per heavy atom. The van der Waals surface area contributed by atoms with Crippen molar-refractivity contribution in [3.05, 3.63) is 70.5 Å². The summed E-state index contributed by atoms with van der Waals surface area (Å²) in [6, 6.07) is 5.91. The van der Waals surface area contributed by atoms with Crippen molar-refractivity contribution < 1.29 is 31.1 Å². The minimum absolute atomic E-state index is 0.0545. The molecule has 4 rings (SSSR count). The Labute approximate surface area is 271 Å². The largest absolute Gasteiger partial charge is 0.416 e. The molecule has 3 aromatic rings. The Morgan fingerprint density at radius 2 is 1.49 bits per heavy atom. The van der Waals surface area contributed by atoms with E-state index in [9.17, 15) is 26.3 Å². The molecular weight excluding hydrogens is 624 g/mol. The molecule has 0 unspecified atom stereocenters. The fourth-order valence-electron chi connectivity index (χ4n) is 4.35. The molecule has 14 heteroatoms. The van der Waals surface area contributed by atoms with E-state index >= 15 is 0 Å². The van der Waals surface area contributed by atoms with Crippen LogP contribution in [0.3, 0.4) is 0 Å². The summed E-state index contributed by atoms with van der Waals surface area (Å²) in [6.07, 6.45) is -6.65. The van der Waals surface area contributed by atoms with Gasteiger partial charge in [-0.05, 0) is 86.8 Å². The summed E-state index contributed by atoms with van der Waals surface area (Å²) in [5, 5.41) is 11.9. The molecule has 1 aliphatic rings. The Kier molecular flexibility index (Phi) is 15.9. The quantitative estimate of drug-likeness (QED) is 0.101. The number of hydrogen-bond donors (Lipinski definition) is 4. The van der Waals surface area contributed by atoms with Gasteiger partial charge in [-0.25, -0.2) is 9.97 Å². The normalized spacial score (nSPS) is 13.2. The summed E-state index contributed by atoms with van der Waals surface area (Å²) in [7, 11) is 2.04. The van der Waals surface area contributed by atoms with Gasteiger partial charge in [0, 0.05) is 11.6 Å². The van der Waals surface area contributed by atoms with Crippen LogP contribution in [0.25, 0.3) is 11.1 Å². The van der Waals surface area contributed by atoms with Gasteiger partial charge < -0.3 is 21.7 Å². The van der Waals surface area contributed by atoms with Crippen LogP contribution in [0.2, 0.25) is 0 Å². The first-order valence-electron chi connectivity index (χ1n) is 14.9. The number of rotatable bonds is 4. The van der Waals surface area contributed by atoms with E-state index in [1.165, 1.54) is 18.5 Å². The van der Waals surface area contributed by atoms with Gasteiger partial charge in [-0.3, -0.25) is 10.2 Å². The van der Waals surface area contributed by atoms with Crippen LogP contribution in [0.5, 0.6) is 0 Å². The summed E-state index contributed by atoms with van der Waals surface area (Å²) >= 11 is 0. The second-order valence-electron chi connectivity index (χ2n) is 9.79. The number of piperidine rings is 1. The molecule has 0 saturated carbocycles. The van der Waals surface area contributed by atoms with E-state index in [-0.39, 0.29) is 46.7 Å². The highest BCUT2D eigenvalue weighted by molar-refractivity contribution is 6.16. The first-order chi connectivity index (χ1) is 22.1. The van der Waals surface area contributed by atoms with Crippen LogP contribution in [-0.2, 0) is 17.1 Å². The van der Waals surface area contributed by atoms with Gasteiger partial charge in [-0.2, -0.15) is 26.3 Å². The molecule has 2 aromatic carbocycles. The fourth-order valence-corrected chi connectivity index (χ4v) is 4.35. The van der Waals surface area contributed by atoms with Crippen LogP contribution >= 0.6 is 0 Å². The highest BCUT2D eigenvalue weighted by Crippen LogP contribution is 2.39. The summed E-state index contributed by atoms with van der Waals surface area (Å²) in [5.41, 5.74) is 8.25. The molecule has 0 aliphatic carbocycles. The predicted octanol–water partition coefficient (Wildman–Crippen LogP) is 7.15. The van der Waals surface area contributed by atoms with Gasteiger partial charge in [-0.15, -0.1) is 0 Å². The van der Waals surface area contributed by atoms with Crippen LogP contribution in [-0.4, -0.2) is 53.2 Å². The van der Waals surface area contributed by atoms with E-state index in [4.69, 9.17) is 15.9 Å². The lowest BCUT2D eigenvalue weighted by Crippen LogP contribution is -2.37. The molecule has 0 bridgehead atoms. The lowest BCUT2D eigenvalue weighted by atomic mass is 9.96. The summed E-state index contributed by atoms with van der Waals surface area (Å²) in [5.74, 6) is 5.93. The smallest absolute Gasteiger partial charge is 0.383 e. The molecule has 1 saturated heterocycles. The van der Waals surface area contributed by atoms with Crippen molar-refractivity contribution in [2.45, 2.75) is 65.9 Å². The lowest BCUT2D eigenvalue weighted by Gasteiger charge is -2.30. The molecule has 1 fully saturated rings. The summed E-state index contributed by atoms with van der Waals surface area (Å²) in [4.78, 5) is 19.0. The molecule has 0 radical (unpaired) electrons. The van der Waals surface area contributed by atoms with E-state index in [1.807, 2.05) is 34.7 Å². The van der Waals surface area contributed by atoms with Crippen molar-refractivity contribution in [2.75, 3.05) is 31.2 Å². The topological polar surface area (TPSA) is 134 Å². The summed E-state index contributed by atoms with van der Waals surface area (Å²) in [6.45, 7) is 11.5. The van der Waals surface area contributed by atoms with E-state index in [0.29, 0.717) is 29.1 Å². The number of nitrogen functional groups attached to an aromatic ring is 1. The zero-order valence-electron chi connectivity index (χ0n) is 27.2. The molecule has 1 amide bonds. The second-order valence-corrected chi connectivity index (χ2v) is 9.79. The summed E-state index contributed by atoms with van der Waals surface area (Å²) < 4.78 is 80.1. The number of benzene rings is 2. The van der Waals surface area contributed by atoms with Crippen molar-refractivity contribution in [3.63, 3.8) is 0 Å². The number of aryl methyl sites for hydroxylation is 1. The van der Waals surface area contributed by atoms with Crippen LogP contribution in [0.1, 0.15) is 68.4 Å². The maximum absolute atomic E-state index is 13.4. The van der Waals surface area contributed by atoms with E-state index < -0.39 is 23.5 Å². The number of alkyl halides is 6. The van der Waals surface area contributed by atoms with Gasteiger partial charge in [0.1, 0.15) is 23.7 Å². The molecule has 0 atom stereocenters. The molecule has 2 heterocycles. The average molecular weight is 666 g/mol. The van der Waals surface area contributed by atoms with Gasteiger partial charge in [0.2, 0.25) is 6.41 Å². The van der Waals surface area contributed by atoms with E-state index in [0.717, 1.165) is 25.9 Å². The highest BCUT2D eigenvalue weighted by Gasteiger charge is 2.37. The second kappa shape index (κ2) is 18.5. The number of halogens is 6. The van der Waals surface area contributed by atoms with E-state index in [2.05, 4.69) is 37.8 Å². The Bertz CT molecular complexity index is 1500. The number of carbonyl (C=O) groups excluding carboxylic acids is 1. The zero-order chi connectivity index (χ0) is 35.9. The van der Waals surface area contributed by atoms with Crippen molar-refractivity contribution in [1.82, 2.24) is 14.9 Å². The zero-order valence-corrected chi connectivity index (χ0v) is 27.2.